The van der Waals surface area contributed by atoms with E-state index in [-0.39, 0.29) is 24.0 Å². The number of rotatable bonds is 5. The van der Waals surface area contributed by atoms with Crippen LogP contribution in [0.3, 0.4) is 0 Å². The molecule has 2 rings (SSSR count). The second-order valence-corrected chi connectivity index (χ2v) is 5.16. The molecule has 110 valence electrons. The average Bonchev–Trinajstić information content (AvgIpc) is 3.04. The van der Waals surface area contributed by atoms with Crippen LogP contribution in [0.4, 0.5) is 0 Å². The van der Waals surface area contributed by atoms with Crippen molar-refractivity contribution in [2.75, 3.05) is 6.54 Å². The molecule has 0 aliphatic heterocycles. The molecule has 0 atom stereocenters. The molecule has 6 heteroatoms. The lowest BCUT2D eigenvalue weighted by molar-refractivity contribution is 0.512. The molecule has 0 fully saturated rings. The first-order chi connectivity index (χ1) is 9.29. The summed E-state index contributed by atoms with van der Waals surface area (Å²) in [6.45, 7) is 6.37. The van der Waals surface area contributed by atoms with Crippen molar-refractivity contribution in [3.8, 4) is 0 Å². The van der Waals surface area contributed by atoms with E-state index in [1.807, 2.05) is 12.1 Å². The van der Waals surface area contributed by atoms with Crippen molar-refractivity contribution in [2.24, 2.45) is 4.99 Å². The fourth-order valence-corrected chi connectivity index (χ4v) is 2.50. The zero-order valence-corrected chi connectivity index (χ0v) is 14.8. The molecule has 0 aliphatic carbocycles. The summed E-state index contributed by atoms with van der Waals surface area (Å²) in [6.07, 6.45) is 1.67. The minimum Gasteiger partial charge on any atom is -0.467 e. The Morgan fingerprint density at radius 2 is 2.20 bits per heavy atom. The minimum atomic E-state index is 0. The molecule has 2 aromatic heterocycles. The van der Waals surface area contributed by atoms with E-state index in [9.17, 15) is 0 Å². The molecule has 0 amide bonds. The summed E-state index contributed by atoms with van der Waals surface area (Å²) in [5.41, 5.74) is 1.32. The Morgan fingerprint density at radius 1 is 1.35 bits per heavy atom. The van der Waals surface area contributed by atoms with Crippen LogP contribution >= 0.6 is 35.3 Å². The first-order valence-corrected chi connectivity index (χ1v) is 7.25. The van der Waals surface area contributed by atoms with Crippen molar-refractivity contribution in [1.82, 2.24) is 10.6 Å². The van der Waals surface area contributed by atoms with Gasteiger partial charge in [-0.3, -0.25) is 0 Å². The number of nitrogens with one attached hydrogen (secondary N) is 2. The number of aryl methyl sites for hydroxylation is 1. The topological polar surface area (TPSA) is 49.6 Å². The number of furan rings is 1. The lowest BCUT2D eigenvalue weighted by Gasteiger charge is -2.10. The first-order valence-electron chi connectivity index (χ1n) is 6.37. The van der Waals surface area contributed by atoms with E-state index in [4.69, 9.17) is 4.42 Å². The fraction of sp³-hybridized carbons (Fsp3) is 0.357. The van der Waals surface area contributed by atoms with Crippen LogP contribution in [0.1, 0.15) is 23.1 Å². The lowest BCUT2D eigenvalue weighted by atomic mass is 10.3. The molecule has 2 aromatic rings. The molecule has 0 aromatic carbocycles. The van der Waals surface area contributed by atoms with Gasteiger partial charge in [0, 0.05) is 11.4 Å². The van der Waals surface area contributed by atoms with Gasteiger partial charge in [0.2, 0.25) is 0 Å². The number of hydrogen-bond donors (Lipinski definition) is 2. The van der Waals surface area contributed by atoms with Crippen LogP contribution < -0.4 is 10.6 Å². The predicted molar refractivity (Wildman–Crippen MR) is 94.8 cm³/mol. The highest BCUT2D eigenvalue weighted by atomic mass is 127. The zero-order valence-electron chi connectivity index (χ0n) is 11.7. The van der Waals surface area contributed by atoms with Gasteiger partial charge in [-0.2, -0.15) is 0 Å². The summed E-state index contributed by atoms with van der Waals surface area (Å²) in [6, 6.07) is 5.94. The molecule has 2 heterocycles. The summed E-state index contributed by atoms with van der Waals surface area (Å²) in [5.74, 6) is 1.68. The first kappa shape index (κ1) is 17.0. The van der Waals surface area contributed by atoms with Crippen LogP contribution in [0, 0.1) is 6.92 Å². The Labute approximate surface area is 140 Å². The van der Waals surface area contributed by atoms with E-state index in [0.29, 0.717) is 6.54 Å². The van der Waals surface area contributed by atoms with E-state index in [1.165, 1.54) is 10.4 Å². The van der Waals surface area contributed by atoms with E-state index in [0.717, 1.165) is 24.8 Å². The Hall–Kier alpha value is -1.02. The van der Waals surface area contributed by atoms with Gasteiger partial charge in [-0.15, -0.1) is 35.3 Å². The van der Waals surface area contributed by atoms with Crippen LogP contribution in [0.25, 0.3) is 0 Å². The quantitative estimate of drug-likeness (QED) is 0.455. The summed E-state index contributed by atoms with van der Waals surface area (Å²) >= 11 is 1.76. The number of hydrogen-bond acceptors (Lipinski definition) is 3. The average molecular weight is 405 g/mol. The molecule has 0 unspecified atom stereocenters. The SMILES string of the molecule is CCNC(=NCc1ccco1)NCc1sccc1C.I. The van der Waals surface area contributed by atoms with Crippen LogP contribution in [0.5, 0.6) is 0 Å². The van der Waals surface area contributed by atoms with Crippen molar-refractivity contribution in [2.45, 2.75) is 26.9 Å². The highest BCUT2D eigenvalue weighted by Gasteiger charge is 2.02. The van der Waals surface area contributed by atoms with Gasteiger partial charge in [0.25, 0.3) is 0 Å². The Bertz CT molecular complexity index is 522. The summed E-state index contributed by atoms with van der Waals surface area (Å²) in [7, 11) is 0. The highest BCUT2D eigenvalue weighted by molar-refractivity contribution is 14.0. The van der Waals surface area contributed by atoms with Gasteiger partial charge in [0.1, 0.15) is 12.3 Å². The number of halogens is 1. The maximum absolute atomic E-state index is 5.27. The molecular weight excluding hydrogens is 385 g/mol. The van der Waals surface area contributed by atoms with Crippen LogP contribution in [-0.4, -0.2) is 12.5 Å². The molecule has 4 nitrogen and oxygen atoms in total. The van der Waals surface area contributed by atoms with Gasteiger partial charge < -0.3 is 15.1 Å². The summed E-state index contributed by atoms with van der Waals surface area (Å²) in [5, 5.41) is 8.67. The molecular formula is C14H20IN3OS. The van der Waals surface area contributed by atoms with Crippen LogP contribution in [-0.2, 0) is 13.1 Å². The number of thiophene rings is 1. The van der Waals surface area contributed by atoms with E-state index in [1.54, 1.807) is 17.6 Å². The molecule has 2 N–H and O–H groups in total. The largest absolute Gasteiger partial charge is 0.467 e. The van der Waals surface area contributed by atoms with Crippen molar-refractivity contribution >= 4 is 41.3 Å². The number of nitrogens with zero attached hydrogens (tertiary/aromatic N) is 1. The third-order valence-corrected chi connectivity index (χ3v) is 3.72. The second kappa shape index (κ2) is 9.02. The molecule has 0 saturated heterocycles. The zero-order chi connectivity index (χ0) is 13.5. The molecule has 0 aliphatic rings. The van der Waals surface area contributed by atoms with E-state index < -0.39 is 0 Å². The summed E-state index contributed by atoms with van der Waals surface area (Å²) < 4.78 is 5.27. The lowest BCUT2D eigenvalue weighted by Crippen LogP contribution is -2.36. The van der Waals surface area contributed by atoms with E-state index in [2.05, 4.69) is 40.9 Å². The van der Waals surface area contributed by atoms with Crippen LogP contribution in [0.15, 0.2) is 39.3 Å². The monoisotopic (exact) mass is 405 g/mol. The van der Waals surface area contributed by atoms with Gasteiger partial charge >= 0.3 is 0 Å². The normalized spacial score (nSPS) is 11.0. The minimum absolute atomic E-state index is 0. The molecule has 0 spiro atoms. The molecule has 20 heavy (non-hydrogen) atoms. The van der Waals surface area contributed by atoms with Gasteiger partial charge in [-0.05, 0) is 43.0 Å². The standard InChI is InChI=1S/C14H19N3OS.HI/c1-3-15-14(16-9-12-5-4-7-18-12)17-10-13-11(2)6-8-19-13;/h4-8H,3,9-10H2,1-2H3,(H2,15,16,17);1H. The second-order valence-electron chi connectivity index (χ2n) is 4.15. The van der Waals surface area contributed by atoms with Gasteiger partial charge in [0.05, 0.1) is 12.8 Å². The van der Waals surface area contributed by atoms with Gasteiger partial charge in [-0.25, -0.2) is 4.99 Å². The van der Waals surface area contributed by atoms with Crippen molar-refractivity contribution < 1.29 is 4.42 Å². The fourth-order valence-electron chi connectivity index (χ4n) is 1.65. The predicted octanol–water partition coefficient (Wildman–Crippen LogP) is 3.52. The third-order valence-electron chi connectivity index (χ3n) is 2.70. The Balaban J connectivity index is 0.00000200. The molecule has 0 radical (unpaired) electrons. The highest BCUT2D eigenvalue weighted by Crippen LogP contribution is 2.14. The number of guanidine groups is 1. The van der Waals surface area contributed by atoms with Crippen molar-refractivity contribution in [3.63, 3.8) is 0 Å². The molecule has 0 bridgehead atoms. The smallest absolute Gasteiger partial charge is 0.191 e. The van der Waals surface area contributed by atoms with Crippen LogP contribution in [0.2, 0.25) is 0 Å². The van der Waals surface area contributed by atoms with Crippen molar-refractivity contribution in [1.29, 1.82) is 0 Å². The maximum Gasteiger partial charge on any atom is 0.191 e. The van der Waals surface area contributed by atoms with Gasteiger partial charge in [-0.1, -0.05) is 0 Å². The third kappa shape index (κ3) is 5.16. The van der Waals surface area contributed by atoms with Gasteiger partial charge in [0.15, 0.2) is 5.96 Å². The number of aliphatic imine (C=N–C) groups is 1. The maximum atomic E-state index is 5.27. The van der Waals surface area contributed by atoms with E-state index >= 15 is 0 Å². The van der Waals surface area contributed by atoms with Crippen molar-refractivity contribution in [3.05, 3.63) is 46.0 Å². The summed E-state index contributed by atoms with van der Waals surface area (Å²) in [4.78, 5) is 5.83. The Morgan fingerprint density at radius 3 is 2.80 bits per heavy atom. The Kier molecular flexibility index (Phi) is 7.68. The molecule has 0 saturated carbocycles.